The Labute approximate surface area is 125 Å². The number of aromatic carboxylic acids is 1. The normalized spacial score (nSPS) is 14.2. The average molecular weight is 336 g/mol. The first-order valence-electron chi connectivity index (χ1n) is 6.49. The van der Waals surface area contributed by atoms with Crippen molar-refractivity contribution < 1.29 is 14.3 Å². The van der Waals surface area contributed by atoms with Crippen molar-refractivity contribution in [3.05, 3.63) is 51.9 Å². The molecule has 0 saturated heterocycles. The summed E-state index contributed by atoms with van der Waals surface area (Å²) in [4.78, 5) is 13.3. The Bertz CT molecular complexity index is 650. The van der Waals surface area contributed by atoms with E-state index in [0.717, 1.165) is 41.1 Å². The molecule has 0 amide bonds. The molecular weight excluding hydrogens is 322 g/mol. The van der Waals surface area contributed by atoms with Gasteiger partial charge in [0.1, 0.15) is 5.76 Å². The van der Waals surface area contributed by atoms with E-state index in [2.05, 4.69) is 20.8 Å². The third kappa shape index (κ3) is 2.58. The van der Waals surface area contributed by atoms with Crippen LogP contribution in [0.5, 0.6) is 0 Å². The molecule has 0 radical (unpaired) electrons. The standard InChI is InChI=1S/C15H14BrNO3/c16-14-6-4-12(20-14)9-17-7-1-2-10-8-11(15(18)19)3-5-13(10)17/h3-6,8H,1-2,7,9H2,(H,18,19). The van der Waals surface area contributed by atoms with Crippen LogP contribution in [0.2, 0.25) is 0 Å². The Balaban J connectivity index is 1.88. The lowest BCUT2D eigenvalue weighted by atomic mass is 9.99. The van der Waals surface area contributed by atoms with Gasteiger partial charge in [-0.2, -0.15) is 0 Å². The van der Waals surface area contributed by atoms with Crippen molar-refractivity contribution in [1.29, 1.82) is 0 Å². The third-order valence-electron chi connectivity index (χ3n) is 3.52. The maximum absolute atomic E-state index is 11.0. The number of hydrogen-bond acceptors (Lipinski definition) is 3. The fourth-order valence-corrected chi connectivity index (χ4v) is 2.94. The number of hydrogen-bond donors (Lipinski definition) is 1. The zero-order chi connectivity index (χ0) is 14.1. The van der Waals surface area contributed by atoms with Crippen molar-refractivity contribution in [1.82, 2.24) is 0 Å². The van der Waals surface area contributed by atoms with E-state index in [-0.39, 0.29) is 0 Å². The molecule has 1 aliphatic rings. The molecule has 0 fully saturated rings. The number of anilines is 1. The molecule has 104 valence electrons. The van der Waals surface area contributed by atoms with E-state index in [1.54, 1.807) is 12.1 Å². The highest BCUT2D eigenvalue weighted by molar-refractivity contribution is 9.10. The number of carbonyl (C=O) groups is 1. The molecule has 5 heteroatoms. The number of fused-ring (bicyclic) bond motifs is 1. The molecule has 0 bridgehead atoms. The molecule has 20 heavy (non-hydrogen) atoms. The molecule has 1 aromatic heterocycles. The lowest BCUT2D eigenvalue weighted by molar-refractivity contribution is 0.0696. The fraction of sp³-hybridized carbons (Fsp3) is 0.267. The van der Waals surface area contributed by atoms with Crippen molar-refractivity contribution in [2.45, 2.75) is 19.4 Å². The topological polar surface area (TPSA) is 53.7 Å². The van der Waals surface area contributed by atoms with Gasteiger partial charge in [-0.15, -0.1) is 0 Å². The molecule has 3 rings (SSSR count). The SMILES string of the molecule is O=C(O)c1ccc2c(c1)CCCN2Cc1ccc(Br)o1. The van der Waals surface area contributed by atoms with Gasteiger partial charge in [0.15, 0.2) is 4.67 Å². The largest absolute Gasteiger partial charge is 0.478 e. The van der Waals surface area contributed by atoms with Gasteiger partial charge in [-0.05, 0) is 64.7 Å². The third-order valence-corrected chi connectivity index (χ3v) is 3.94. The number of carboxylic acid groups (broad SMARTS) is 1. The van der Waals surface area contributed by atoms with Crippen molar-refractivity contribution in [3.8, 4) is 0 Å². The van der Waals surface area contributed by atoms with Crippen molar-refractivity contribution in [3.63, 3.8) is 0 Å². The highest BCUT2D eigenvalue weighted by Gasteiger charge is 2.19. The van der Waals surface area contributed by atoms with E-state index in [4.69, 9.17) is 9.52 Å². The van der Waals surface area contributed by atoms with Crippen LogP contribution in [0.1, 0.15) is 28.1 Å². The monoisotopic (exact) mass is 335 g/mol. The molecule has 2 heterocycles. The van der Waals surface area contributed by atoms with Crippen molar-refractivity contribution in [2.24, 2.45) is 0 Å². The van der Waals surface area contributed by atoms with Gasteiger partial charge in [-0.1, -0.05) is 0 Å². The van der Waals surface area contributed by atoms with E-state index < -0.39 is 5.97 Å². The second kappa shape index (κ2) is 5.32. The summed E-state index contributed by atoms with van der Waals surface area (Å²) in [5.74, 6) is 0.0203. The minimum Gasteiger partial charge on any atom is -0.478 e. The summed E-state index contributed by atoms with van der Waals surface area (Å²) in [5, 5.41) is 9.06. The van der Waals surface area contributed by atoms with E-state index in [1.807, 2.05) is 18.2 Å². The lowest BCUT2D eigenvalue weighted by Crippen LogP contribution is -2.28. The van der Waals surface area contributed by atoms with Crippen LogP contribution in [0.4, 0.5) is 5.69 Å². The highest BCUT2D eigenvalue weighted by Crippen LogP contribution is 2.30. The first kappa shape index (κ1) is 13.2. The van der Waals surface area contributed by atoms with Gasteiger partial charge in [0.2, 0.25) is 0 Å². The van der Waals surface area contributed by atoms with Gasteiger partial charge in [0, 0.05) is 12.2 Å². The molecule has 0 unspecified atom stereocenters. The zero-order valence-corrected chi connectivity index (χ0v) is 12.4. The maximum Gasteiger partial charge on any atom is 0.335 e. The minimum absolute atomic E-state index is 0.353. The lowest BCUT2D eigenvalue weighted by Gasteiger charge is -2.30. The Kier molecular flexibility index (Phi) is 3.53. The summed E-state index contributed by atoms with van der Waals surface area (Å²) < 4.78 is 6.27. The number of benzene rings is 1. The summed E-state index contributed by atoms with van der Waals surface area (Å²) in [7, 11) is 0. The number of rotatable bonds is 3. The smallest absolute Gasteiger partial charge is 0.335 e. The van der Waals surface area contributed by atoms with Crippen LogP contribution in [-0.4, -0.2) is 17.6 Å². The van der Waals surface area contributed by atoms with Crippen LogP contribution in [-0.2, 0) is 13.0 Å². The Morgan fingerprint density at radius 1 is 1.35 bits per heavy atom. The molecular formula is C15H14BrNO3. The Morgan fingerprint density at radius 2 is 2.20 bits per heavy atom. The number of furan rings is 1. The van der Waals surface area contributed by atoms with Crippen LogP contribution in [0.15, 0.2) is 39.4 Å². The molecule has 2 aromatic rings. The number of nitrogens with zero attached hydrogens (tertiary/aromatic N) is 1. The van der Waals surface area contributed by atoms with Crippen molar-refractivity contribution >= 4 is 27.6 Å². The van der Waals surface area contributed by atoms with Crippen molar-refractivity contribution in [2.75, 3.05) is 11.4 Å². The van der Waals surface area contributed by atoms with Crippen LogP contribution >= 0.6 is 15.9 Å². The minimum atomic E-state index is -0.875. The summed E-state index contributed by atoms with van der Waals surface area (Å²) >= 11 is 3.30. The number of carboxylic acids is 1. The van der Waals surface area contributed by atoms with Gasteiger partial charge in [0.25, 0.3) is 0 Å². The second-order valence-corrected chi connectivity index (χ2v) is 5.66. The average Bonchev–Trinajstić information content (AvgIpc) is 2.84. The van der Waals surface area contributed by atoms with Crippen LogP contribution in [0.3, 0.4) is 0 Å². The predicted octanol–water partition coefficient (Wildman–Crippen LogP) is 3.69. The maximum atomic E-state index is 11.0. The Morgan fingerprint density at radius 3 is 2.90 bits per heavy atom. The molecule has 0 spiro atoms. The number of aryl methyl sites for hydroxylation is 1. The van der Waals surface area contributed by atoms with E-state index in [9.17, 15) is 4.79 Å². The Hall–Kier alpha value is -1.75. The van der Waals surface area contributed by atoms with Gasteiger partial charge >= 0.3 is 5.97 Å². The molecule has 4 nitrogen and oxygen atoms in total. The van der Waals surface area contributed by atoms with Gasteiger partial charge in [-0.3, -0.25) is 0 Å². The first-order chi connectivity index (χ1) is 9.63. The molecule has 0 atom stereocenters. The van der Waals surface area contributed by atoms with Gasteiger partial charge < -0.3 is 14.4 Å². The molecule has 1 aromatic carbocycles. The predicted molar refractivity (Wildman–Crippen MR) is 79.2 cm³/mol. The first-order valence-corrected chi connectivity index (χ1v) is 7.28. The zero-order valence-electron chi connectivity index (χ0n) is 10.8. The van der Waals surface area contributed by atoms with E-state index >= 15 is 0 Å². The quantitative estimate of drug-likeness (QED) is 0.929. The molecule has 0 aliphatic carbocycles. The molecule has 1 N–H and O–H groups in total. The van der Waals surface area contributed by atoms with Gasteiger partial charge in [0.05, 0.1) is 12.1 Å². The fourth-order valence-electron chi connectivity index (χ4n) is 2.60. The summed E-state index contributed by atoms with van der Waals surface area (Å²) in [6, 6.07) is 9.17. The van der Waals surface area contributed by atoms with Crippen LogP contribution < -0.4 is 4.90 Å². The van der Waals surface area contributed by atoms with E-state index in [1.165, 1.54) is 0 Å². The summed E-state index contributed by atoms with van der Waals surface area (Å²) in [5.41, 5.74) is 2.56. The summed E-state index contributed by atoms with van der Waals surface area (Å²) in [6.07, 6.45) is 1.95. The summed E-state index contributed by atoms with van der Waals surface area (Å²) in [6.45, 7) is 1.66. The van der Waals surface area contributed by atoms with Gasteiger partial charge in [-0.25, -0.2) is 4.79 Å². The highest BCUT2D eigenvalue weighted by atomic mass is 79.9. The van der Waals surface area contributed by atoms with Crippen LogP contribution in [0, 0.1) is 0 Å². The molecule has 1 aliphatic heterocycles. The molecule has 0 saturated carbocycles. The second-order valence-electron chi connectivity index (χ2n) is 4.88. The van der Waals surface area contributed by atoms with Crippen LogP contribution in [0.25, 0.3) is 0 Å². The van der Waals surface area contributed by atoms with E-state index in [0.29, 0.717) is 12.1 Å². The number of halogens is 1.